The van der Waals surface area contributed by atoms with Crippen LogP contribution >= 0.6 is 0 Å². The van der Waals surface area contributed by atoms with E-state index >= 15 is 0 Å². The highest BCUT2D eigenvalue weighted by Crippen LogP contribution is 2.15. The third-order valence-corrected chi connectivity index (χ3v) is 2.46. The summed E-state index contributed by atoms with van der Waals surface area (Å²) in [4.78, 5) is 10.7. The third-order valence-electron chi connectivity index (χ3n) is 2.46. The van der Waals surface area contributed by atoms with Crippen molar-refractivity contribution in [2.75, 3.05) is 20.3 Å². The van der Waals surface area contributed by atoms with E-state index < -0.39 is 5.97 Å². The standard InChI is InChI=1S/C10H21NO3/c1-8(5-6-14-2)3-4-9(7-11)10(12)13/h8-9H,3-7,11H2,1-2H3,(H,12,13). The van der Waals surface area contributed by atoms with Gasteiger partial charge in [-0.25, -0.2) is 0 Å². The van der Waals surface area contributed by atoms with Crippen LogP contribution in [0.5, 0.6) is 0 Å². The minimum Gasteiger partial charge on any atom is -0.481 e. The molecular formula is C10H21NO3. The first-order chi connectivity index (χ1) is 6.61. The van der Waals surface area contributed by atoms with Crippen LogP contribution in [-0.2, 0) is 9.53 Å². The normalized spacial score (nSPS) is 15.1. The third kappa shape index (κ3) is 5.94. The molecule has 0 saturated carbocycles. The molecule has 2 atom stereocenters. The van der Waals surface area contributed by atoms with Crippen LogP contribution in [0, 0.1) is 11.8 Å². The zero-order valence-electron chi connectivity index (χ0n) is 9.03. The summed E-state index contributed by atoms with van der Waals surface area (Å²) in [6.45, 7) is 3.07. The highest BCUT2D eigenvalue weighted by molar-refractivity contribution is 5.70. The van der Waals surface area contributed by atoms with Crippen molar-refractivity contribution in [2.45, 2.75) is 26.2 Å². The van der Waals surface area contributed by atoms with Gasteiger partial charge in [-0.2, -0.15) is 0 Å². The predicted octanol–water partition coefficient (Wildman–Crippen LogP) is 1.10. The Morgan fingerprint density at radius 2 is 2.07 bits per heavy atom. The number of nitrogens with two attached hydrogens (primary N) is 1. The van der Waals surface area contributed by atoms with Crippen LogP contribution in [0.2, 0.25) is 0 Å². The van der Waals surface area contributed by atoms with Gasteiger partial charge in [0.1, 0.15) is 0 Å². The van der Waals surface area contributed by atoms with Crippen LogP contribution in [-0.4, -0.2) is 31.3 Å². The number of rotatable bonds is 8. The molecule has 14 heavy (non-hydrogen) atoms. The second-order valence-corrected chi connectivity index (χ2v) is 3.73. The molecular weight excluding hydrogens is 182 g/mol. The van der Waals surface area contributed by atoms with E-state index in [9.17, 15) is 4.79 Å². The molecule has 3 N–H and O–H groups in total. The number of carbonyl (C=O) groups is 1. The van der Waals surface area contributed by atoms with E-state index in [0.717, 1.165) is 19.4 Å². The van der Waals surface area contributed by atoms with E-state index in [1.807, 2.05) is 0 Å². The molecule has 0 saturated heterocycles. The average Bonchev–Trinajstić information content (AvgIpc) is 2.15. The van der Waals surface area contributed by atoms with E-state index in [4.69, 9.17) is 15.6 Å². The van der Waals surface area contributed by atoms with Crippen LogP contribution in [0.4, 0.5) is 0 Å². The number of aliphatic carboxylic acids is 1. The van der Waals surface area contributed by atoms with Crippen molar-refractivity contribution in [3.05, 3.63) is 0 Å². The summed E-state index contributed by atoms with van der Waals surface area (Å²) in [5, 5.41) is 8.76. The molecule has 0 fully saturated rings. The first-order valence-electron chi connectivity index (χ1n) is 5.03. The smallest absolute Gasteiger partial charge is 0.307 e. The molecule has 0 amide bonds. The van der Waals surface area contributed by atoms with E-state index in [1.165, 1.54) is 0 Å². The van der Waals surface area contributed by atoms with Crippen LogP contribution in [0.1, 0.15) is 26.2 Å². The molecule has 4 nitrogen and oxygen atoms in total. The minimum atomic E-state index is -0.786. The zero-order valence-corrected chi connectivity index (χ0v) is 9.03. The van der Waals surface area contributed by atoms with Crippen LogP contribution in [0.25, 0.3) is 0 Å². The monoisotopic (exact) mass is 203 g/mol. The Hall–Kier alpha value is -0.610. The zero-order chi connectivity index (χ0) is 11.0. The maximum Gasteiger partial charge on any atom is 0.307 e. The molecule has 0 bridgehead atoms. The molecule has 0 aromatic heterocycles. The summed E-state index contributed by atoms with van der Waals surface area (Å²) in [5.74, 6) is -0.671. The fourth-order valence-electron chi connectivity index (χ4n) is 1.29. The van der Waals surface area contributed by atoms with E-state index in [0.29, 0.717) is 12.3 Å². The van der Waals surface area contributed by atoms with E-state index in [-0.39, 0.29) is 12.5 Å². The molecule has 0 aliphatic rings. The molecule has 0 aliphatic carbocycles. The topological polar surface area (TPSA) is 72.5 Å². The lowest BCUT2D eigenvalue weighted by atomic mass is 9.95. The van der Waals surface area contributed by atoms with E-state index in [2.05, 4.69) is 6.92 Å². The summed E-state index contributed by atoms with van der Waals surface area (Å²) in [5.41, 5.74) is 5.35. The van der Waals surface area contributed by atoms with Gasteiger partial charge in [0.05, 0.1) is 5.92 Å². The van der Waals surface area contributed by atoms with Crippen LogP contribution in [0.15, 0.2) is 0 Å². The van der Waals surface area contributed by atoms with Gasteiger partial charge in [0.25, 0.3) is 0 Å². The number of hydrogen-bond acceptors (Lipinski definition) is 3. The number of ether oxygens (including phenoxy) is 1. The first-order valence-corrected chi connectivity index (χ1v) is 5.03. The molecule has 4 heteroatoms. The summed E-state index contributed by atoms with van der Waals surface area (Å²) in [6.07, 6.45) is 2.54. The number of methoxy groups -OCH3 is 1. The first kappa shape index (κ1) is 13.4. The van der Waals surface area contributed by atoms with Crippen LogP contribution in [0.3, 0.4) is 0 Å². The Morgan fingerprint density at radius 1 is 1.43 bits per heavy atom. The maximum atomic E-state index is 10.7. The lowest BCUT2D eigenvalue weighted by Crippen LogP contribution is -2.23. The van der Waals surface area contributed by atoms with Gasteiger partial charge in [0.2, 0.25) is 0 Å². The van der Waals surface area contributed by atoms with Crippen molar-refractivity contribution >= 4 is 5.97 Å². The maximum absolute atomic E-state index is 10.7. The van der Waals surface area contributed by atoms with Gasteiger partial charge in [0, 0.05) is 20.3 Å². The number of carboxylic acids is 1. The van der Waals surface area contributed by atoms with Gasteiger partial charge >= 0.3 is 5.97 Å². The highest BCUT2D eigenvalue weighted by Gasteiger charge is 2.16. The summed E-state index contributed by atoms with van der Waals surface area (Å²) < 4.78 is 4.95. The molecule has 0 radical (unpaired) electrons. The molecule has 0 heterocycles. The Labute approximate surface area is 85.4 Å². The molecule has 84 valence electrons. The minimum absolute atomic E-state index is 0.229. The van der Waals surface area contributed by atoms with Gasteiger partial charge in [0.15, 0.2) is 0 Å². The lowest BCUT2D eigenvalue weighted by molar-refractivity contribution is -0.141. The van der Waals surface area contributed by atoms with Gasteiger partial charge in [-0.05, 0) is 25.2 Å². The van der Waals surface area contributed by atoms with Crippen molar-refractivity contribution in [3.8, 4) is 0 Å². The Balaban J connectivity index is 3.62. The summed E-state index contributed by atoms with van der Waals surface area (Å²) in [7, 11) is 1.67. The average molecular weight is 203 g/mol. The molecule has 0 aromatic carbocycles. The lowest BCUT2D eigenvalue weighted by Gasteiger charge is -2.13. The quantitative estimate of drug-likeness (QED) is 0.619. The van der Waals surface area contributed by atoms with Crippen molar-refractivity contribution < 1.29 is 14.6 Å². The van der Waals surface area contributed by atoms with Gasteiger partial charge in [-0.3, -0.25) is 4.79 Å². The Kier molecular flexibility index (Phi) is 7.42. The Morgan fingerprint density at radius 3 is 2.50 bits per heavy atom. The van der Waals surface area contributed by atoms with Crippen molar-refractivity contribution in [1.29, 1.82) is 0 Å². The van der Waals surface area contributed by atoms with Crippen molar-refractivity contribution in [3.63, 3.8) is 0 Å². The highest BCUT2D eigenvalue weighted by atomic mass is 16.5. The van der Waals surface area contributed by atoms with Crippen molar-refractivity contribution in [1.82, 2.24) is 0 Å². The van der Waals surface area contributed by atoms with Gasteiger partial charge in [-0.15, -0.1) is 0 Å². The second-order valence-electron chi connectivity index (χ2n) is 3.73. The Bertz CT molecular complexity index is 161. The molecule has 2 unspecified atom stereocenters. The number of carboxylic acid groups (broad SMARTS) is 1. The largest absolute Gasteiger partial charge is 0.481 e. The number of hydrogen-bond donors (Lipinski definition) is 2. The molecule has 0 rings (SSSR count). The van der Waals surface area contributed by atoms with E-state index in [1.54, 1.807) is 7.11 Å². The molecule has 0 aliphatic heterocycles. The second kappa shape index (κ2) is 7.76. The SMILES string of the molecule is COCCC(C)CCC(CN)C(=O)O. The molecule has 0 aromatic rings. The summed E-state index contributed by atoms with van der Waals surface area (Å²) >= 11 is 0. The fourth-order valence-corrected chi connectivity index (χ4v) is 1.29. The summed E-state index contributed by atoms with van der Waals surface area (Å²) in [6, 6.07) is 0. The van der Waals surface area contributed by atoms with Crippen molar-refractivity contribution in [2.24, 2.45) is 17.6 Å². The fraction of sp³-hybridized carbons (Fsp3) is 0.900. The van der Waals surface area contributed by atoms with Crippen LogP contribution < -0.4 is 5.73 Å². The molecule has 0 spiro atoms. The van der Waals surface area contributed by atoms with Gasteiger partial charge in [-0.1, -0.05) is 6.92 Å². The van der Waals surface area contributed by atoms with Gasteiger partial charge < -0.3 is 15.6 Å². The predicted molar refractivity (Wildman–Crippen MR) is 55.1 cm³/mol.